The van der Waals surface area contributed by atoms with Gasteiger partial charge in [0.05, 0.1) is 18.5 Å². The third-order valence-electron chi connectivity index (χ3n) is 3.86. The molecule has 25 heavy (non-hydrogen) atoms. The third-order valence-corrected chi connectivity index (χ3v) is 5.40. The average molecular weight is 369 g/mol. The monoisotopic (exact) mass is 369 g/mol. The molecule has 2 rings (SSSR count). The summed E-state index contributed by atoms with van der Waals surface area (Å²) in [5.74, 6) is -0.154. The number of hydrogen-bond donors (Lipinski definition) is 3. The summed E-state index contributed by atoms with van der Waals surface area (Å²) in [5, 5.41) is 6.03. The van der Waals surface area contributed by atoms with E-state index in [0.29, 0.717) is 25.3 Å². The van der Waals surface area contributed by atoms with E-state index in [-0.39, 0.29) is 29.8 Å². The number of carbonyl (C=O) groups excluding carboxylic acids is 1. The molecule has 0 saturated carbocycles. The highest BCUT2D eigenvalue weighted by molar-refractivity contribution is 7.88. The Balaban J connectivity index is 1.87. The molecule has 1 aliphatic heterocycles. The van der Waals surface area contributed by atoms with Crippen LogP contribution < -0.4 is 15.4 Å². The third kappa shape index (κ3) is 6.39. The van der Waals surface area contributed by atoms with Crippen LogP contribution in [0.15, 0.2) is 24.3 Å². The lowest BCUT2D eigenvalue weighted by atomic mass is 10.1. The minimum atomic E-state index is -3.34. The molecule has 1 saturated heterocycles. The van der Waals surface area contributed by atoms with Gasteiger partial charge in [-0.05, 0) is 31.9 Å². The molecular weight excluding hydrogens is 342 g/mol. The first-order valence-electron chi connectivity index (χ1n) is 8.47. The number of ether oxygens (including phenoxy) is 1. The van der Waals surface area contributed by atoms with E-state index in [0.717, 1.165) is 5.56 Å². The SMILES string of the molecule is CC(C)NS(=O)(=O)Cc1ccc(CNC(=O)[C@H]2NCCO[C@@H]2C)cc1. The average Bonchev–Trinajstić information content (AvgIpc) is 2.52. The summed E-state index contributed by atoms with van der Waals surface area (Å²) < 4.78 is 31.9. The summed E-state index contributed by atoms with van der Waals surface area (Å²) in [6, 6.07) is 6.72. The molecule has 0 spiro atoms. The number of benzene rings is 1. The second-order valence-electron chi connectivity index (χ2n) is 6.57. The molecule has 8 heteroatoms. The Bertz CT molecular complexity index is 674. The van der Waals surface area contributed by atoms with Crippen LogP contribution in [0.3, 0.4) is 0 Å². The van der Waals surface area contributed by atoms with Crippen molar-refractivity contribution in [1.29, 1.82) is 0 Å². The highest BCUT2D eigenvalue weighted by Gasteiger charge is 2.27. The Morgan fingerprint density at radius 3 is 2.52 bits per heavy atom. The van der Waals surface area contributed by atoms with Gasteiger partial charge in [0.1, 0.15) is 6.04 Å². The minimum Gasteiger partial charge on any atom is -0.375 e. The number of rotatable bonds is 7. The standard InChI is InChI=1S/C17H27N3O4S/c1-12(2)20-25(22,23)11-15-6-4-14(5-7-15)10-19-17(21)16-13(3)24-9-8-18-16/h4-7,12-13,16,18,20H,8-11H2,1-3H3,(H,19,21)/t13-,16+/m1/s1. The van der Waals surface area contributed by atoms with E-state index in [2.05, 4.69) is 15.4 Å². The van der Waals surface area contributed by atoms with Gasteiger partial charge in [-0.15, -0.1) is 0 Å². The highest BCUT2D eigenvalue weighted by Crippen LogP contribution is 2.09. The molecule has 7 nitrogen and oxygen atoms in total. The molecule has 1 aliphatic rings. The first-order valence-corrected chi connectivity index (χ1v) is 10.1. The second-order valence-corrected chi connectivity index (χ2v) is 8.33. The van der Waals surface area contributed by atoms with Gasteiger partial charge in [0.15, 0.2) is 0 Å². The van der Waals surface area contributed by atoms with Gasteiger partial charge in [-0.1, -0.05) is 24.3 Å². The van der Waals surface area contributed by atoms with Gasteiger partial charge < -0.3 is 15.4 Å². The molecule has 0 bridgehead atoms. The normalized spacial score (nSPS) is 21.3. The maximum absolute atomic E-state index is 12.2. The molecule has 3 N–H and O–H groups in total. The van der Waals surface area contributed by atoms with E-state index in [1.54, 1.807) is 26.0 Å². The molecule has 0 radical (unpaired) electrons. The minimum absolute atomic E-state index is 0.0569. The zero-order valence-electron chi connectivity index (χ0n) is 14.9. The molecule has 1 aromatic rings. The molecular formula is C17H27N3O4S. The smallest absolute Gasteiger partial charge is 0.240 e. The molecule has 2 atom stereocenters. The van der Waals surface area contributed by atoms with Crippen LogP contribution in [0, 0.1) is 0 Å². The van der Waals surface area contributed by atoms with Gasteiger partial charge in [0.2, 0.25) is 15.9 Å². The van der Waals surface area contributed by atoms with Crippen LogP contribution in [0.2, 0.25) is 0 Å². The first-order chi connectivity index (χ1) is 11.8. The lowest BCUT2D eigenvalue weighted by Crippen LogP contribution is -2.55. The van der Waals surface area contributed by atoms with Crippen molar-refractivity contribution in [3.05, 3.63) is 35.4 Å². The van der Waals surface area contributed by atoms with Gasteiger partial charge in [-0.2, -0.15) is 0 Å². The summed E-state index contributed by atoms with van der Waals surface area (Å²) in [7, 11) is -3.34. The van der Waals surface area contributed by atoms with Gasteiger partial charge in [0, 0.05) is 19.1 Å². The molecule has 1 heterocycles. The second kappa shape index (κ2) is 8.75. The van der Waals surface area contributed by atoms with Crippen LogP contribution in [0.1, 0.15) is 31.9 Å². The van der Waals surface area contributed by atoms with E-state index in [1.165, 1.54) is 0 Å². The van der Waals surface area contributed by atoms with E-state index in [1.807, 2.05) is 19.1 Å². The molecule has 0 aromatic heterocycles. The number of amides is 1. The van der Waals surface area contributed by atoms with Crippen molar-refractivity contribution in [3.8, 4) is 0 Å². The Hall–Kier alpha value is -1.48. The van der Waals surface area contributed by atoms with E-state index >= 15 is 0 Å². The topological polar surface area (TPSA) is 96.5 Å². The summed E-state index contributed by atoms with van der Waals surface area (Å²) in [4.78, 5) is 12.2. The highest BCUT2D eigenvalue weighted by atomic mass is 32.2. The van der Waals surface area contributed by atoms with Gasteiger partial charge in [0.25, 0.3) is 0 Å². The van der Waals surface area contributed by atoms with Crippen LogP contribution in [-0.2, 0) is 31.9 Å². The fourth-order valence-electron chi connectivity index (χ4n) is 2.70. The molecule has 1 fully saturated rings. The first kappa shape index (κ1) is 19.8. The zero-order valence-corrected chi connectivity index (χ0v) is 15.7. The Morgan fingerprint density at radius 2 is 1.92 bits per heavy atom. The summed E-state index contributed by atoms with van der Waals surface area (Å²) in [6.07, 6.45) is -0.158. The predicted octanol–water partition coefficient (Wildman–Crippen LogP) is 0.508. The Labute approximate surface area is 149 Å². The van der Waals surface area contributed by atoms with E-state index in [9.17, 15) is 13.2 Å². The zero-order chi connectivity index (χ0) is 18.4. The van der Waals surface area contributed by atoms with Gasteiger partial charge in [-0.25, -0.2) is 13.1 Å². The van der Waals surface area contributed by atoms with Crippen molar-refractivity contribution in [2.45, 2.75) is 51.3 Å². The lowest BCUT2D eigenvalue weighted by molar-refractivity contribution is -0.129. The molecule has 1 amide bonds. The quantitative estimate of drug-likeness (QED) is 0.651. The number of nitrogens with one attached hydrogen (secondary N) is 3. The summed E-state index contributed by atoms with van der Waals surface area (Å²) in [6.45, 7) is 7.11. The molecule has 1 aromatic carbocycles. The largest absolute Gasteiger partial charge is 0.375 e. The van der Waals surface area contributed by atoms with Gasteiger partial charge in [-0.3, -0.25) is 4.79 Å². The van der Waals surface area contributed by atoms with Gasteiger partial charge >= 0.3 is 0 Å². The number of carbonyl (C=O) groups is 1. The van der Waals surface area contributed by atoms with Crippen LogP contribution in [0.25, 0.3) is 0 Å². The molecule has 0 aliphatic carbocycles. The van der Waals surface area contributed by atoms with Crippen molar-refractivity contribution in [3.63, 3.8) is 0 Å². The van der Waals surface area contributed by atoms with E-state index in [4.69, 9.17) is 4.74 Å². The Morgan fingerprint density at radius 1 is 1.28 bits per heavy atom. The van der Waals surface area contributed by atoms with Crippen molar-refractivity contribution in [2.24, 2.45) is 0 Å². The molecule has 0 unspecified atom stereocenters. The van der Waals surface area contributed by atoms with Crippen LogP contribution >= 0.6 is 0 Å². The fourth-order valence-corrected chi connectivity index (χ4v) is 4.13. The maximum atomic E-state index is 12.2. The van der Waals surface area contributed by atoms with Crippen molar-refractivity contribution >= 4 is 15.9 Å². The van der Waals surface area contributed by atoms with Crippen LogP contribution in [0.4, 0.5) is 0 Å². The van der Waals surface area contributed by atoms with Crippen molar-refractivity contribution in [2.75, 3.05) is 13.2 Å². The number of morpholine rings is 1. The number of sulfonamides is 1. The summed E-state index contributed by atoms with van der Waals surface area (Å²) in [5.41, 5.74) is 1.62. The van der Waals surface area contributed by atoms with Crippen LogP contribution in [-0.4, -0.2) is 45.7 Å². The molecule has 140 valence electrons. The van der Waals surface area contributed by atoms with Crippen LogP contribution in [0.5, 0.6) is 0 Å². The maximum Gasteiger partial charge on any atom is 0.240 e. The van der Waals surface area contributed by atoms with Crippen molar-refractivity contribution < 1.29 is 17.9 Å². The number of hydrogen-bond acceptors (Lipinski definition) is 5. The van der Waals surface area contributed by atoms with E-state index < -0.39 is 10.0 Å². The summed E-state index contributed by atoms with van der Waals surface area (Å²) >= 11 is 0. The fraction of sp³-hybridized carbons (Fsp3) is 0.588. The predicted molar refractivity (Wildman–Crippen MR) is 96.4 cm³/mol. The Kier molecular flexibility index (Phi) is 6.95. The lowest BCUT2D eigenvalue weighted by Gasteiger charge is -2.29. The van der Waals surface area contributed by atoms with Crippen molar-refractivity contribution in [1.82, 2.24) is 15.4 Å².